The van der Waals surface area contributed by atoms with Gasteiger partial charge in [-0.1, -0.05) is 12.5 Å². The number of pyridine rings is 1. The number of likely N-dealkylation sites (tertiary alicyclic amines) is 1. The molecule has 0 spiro atoms. The minimum atomic E-state index is 0.297. The van der Waals surface area contributed by atoms with Crippen molar-refractivity contribution in [3.63, 3.8) is 0 Å². The molecular weight excluding hydrogens is 312 g/mol. The first-order valence-corrected chi connectivity index (χ1v) is 8.79. The van der Waals surface area contributed by atoms with Crippen LogP contribution in [0, 0.1) is 6.92 Å². The summed E-state index contributed by atoms with van der Waals surface area (Å²) in [6.45, 7) is 3.87. The Hall–Kier alpha value is -2.60. The average molecular weight is 334 g/mol. The third kappa shape index (κ3) is 3.58. The van der Waals surface area contributed by atoms with Crippen molar-refractivity contribution >= 4 is 0 Å². The summed E-state index contributed by atoms with van der Waals surface area (Å²) in [4.78, 5) is 23.7. The average Bonchev–Trinajstić information content (AvgIpc) is 3.17. The maximum absolute atomic E-state index is 4.74. The maximum atomic E-state index is 4.74. The zero-order chi connectivity index (χ0) is 17.1. The Morgan fingerprint density at radius 3 is 2.92 bits per heavy atom. The molecular formula is C19H22N6. The summed E-state index contributed by atoms with van der Waals surface area (Å²) in [6, 6.07) is 8.47. The van der Waals surface area contributed by atoms with Gasteiger partial charge in [-0.3, -0.25) is 9.88 Å². The molecule has 1 aliphatic rings. The first-order valence-electron chi connectivity index (χ1n) is 8.79. The number of hydrogen-bond donors (Lipinski definition) is 1. The number of rotatable bonds is 4. The maximum Gasteiger partial charge on any atom is 0.156 e. The Labute approximate surface area is 147 Å². The van der Waals surface area contributed by atoms with Gasteiger partial charge in [-0.25, -0.2) is 15.0 Å². The molecule has 0 radical (unpaired) electrons. The van der Waals surface area contributed by atoms with Crippen LogP contribution >= 0.6 is 0 Å². The molecule has 1 aliphatic heterocycles. The van der Waals surface area contributed by atoms with E-state index in [2.05, 4.69) is 37.0 Å². The number of nitrogens with one attached hydrogen (secondary N) is 1. The fraction of sp³-hybridized carbons (Fsp3) is 0.368. The second-order valence-electron chi connectivity index (χ2n) is 6.47. The molecule has 0 amide bonds. The van der Waals surface area contributed by atoms with Crippen molar-refractivity contribution < 1.29 is 0 Å². The zero-order valence-electron chi connectivity index (χ0n) is 14.4. The van der Waals surface area contributed by atoms with Gasteiger partial charge in [0.1, 0.15) is 11.5 Å². The Morgan fingerprint density at radius 1 is 1.16 bits per heavy atom. The van der Waals surface area contributed by atoms with E-state index in [1.54, 1.807) is 6.20 Å². The summed E-state index contributed by atoms with van der Waals surface area (Å²) >= 11 is 0. The van der Waals surface area contributed by atoms with Crippen LogP contribution in [0.5, 0.6) is 0 Å². The number of piperidine rings is 1. The predicted octanol–water partition coefficient (Wildman–Crippen LogP) is 3.30. The molecule has 1 atom stereocenters. The summed E-state index contributed by atoms with van der Waals surface area (Å²) in [5.74, 6) is 1.58. The van der Waals surface area contributed by atoms with Crippen molar-refractivity contribution in [1.29, 1.82) is 0 Å². The van der Waals surface area contributed by atoms with Crippen molar-refractivity contribution in [3.05, 3.63) is 60.1 Å². The van der Waals surface area contributed by atoms with E-state index in [1.165, 1.54) is 12.8 Å². The van der Waals surface area contributed by atoms with Crippen molar-refractivity contribution in [1.82, 2.24) is 29.8 Å². The van der Waals surface area contributed by atoms with Gasteiger partial charge >= 0.3 is 0 Å². The molecule has 1 N–H and O–H groups in total. The van der Waals surface area contributed by atoms with Crippen LogP contribution in [-0.2, 0) is 6.54 Å². The highest BCUT2D eigenvalue weighted by molar-refractivity contribution is 5.49. The second-order valence-corrected chi connectivity index (χ2v) is 6.47. The monoisotopic (exact) mass is 334 g/mol. The van der Waals surface area contributed by atoms with Crippen LogP contribution in [0.25, 0.3) is 11.5 Å². The van der Waals surface area contributed by atoms with Crippen LogP contribution < -0.4 is 0 Å². The lowest BCUT2D eigenvalue weighted by Crippen LogP contribution is -2.33. The minimum absolute atomic E-state index is 0.297. The Morgan fingerprint density at radius 2 is 2.12 bits per heavy atom. The van der Waals surface area contributed by atoms with Gasteiger partial charge in [0.15, 0.2) is 5.82 Å². The van der Waals surface area contributed by atoms with Crippen molar-refractivity contribution in [3.8, 4) is 11.5 Å². The largest absolute Gasteiger partial charge is 0.343 e. The molecule has 3 aromatic rings. The first kappa shape index (κ1) is 15.9. The molecule has 3 aromatic heterocycles. The molecule has 0 saturated carbocycles. The lowest BCUT2D eigenvalue weighted by Gasteiger charge is -2.35. The predicted molar refractivity (Wildman–Crippen MR) is 95.6 cm³/mol. The lowest BCUT2D eigenvalue weighted by molar-refractivity contribution is 0.135. The Balaban J connectivity index is 1.64. The third-order valence-corrected chi connectivity index (χ3v) is 4.64. The van der Waals surface area contributed by atoms with Crippen LogP contribution in [0.1, 0.15) is 42.5 Å². The van der Waals surface area contributed by atoms with E-state index >= 15 is 0 Å². The number of nitrogens with zero attached hydrogens (tertiary/aromatic N) is 5. The highest BCUT2D eigenvalue weighted by atomic mass is 15.2. The molecule has 6 heteroatoms. The lowest BCUT2D eigenvalue weighted by atomic mass is 9.98. The summed E-state index contributed by atoms with van der Waals surface area (Å²) < 4.78 is 0. The number of hydrogen-bond acceptors (Lipinski definition) is 5. The van der Waals surface area contributed by atoms with Crippen LogP contribution in [0.4, 0.5) is 0 Å². The van der Waals surface area contributed by atoms with Gasteiger partial charge in [0.25, 0.3) is 0 Å². The molecule has 0 bridgehead atoms. The van der Waals surface area contributed by atoms with Gasteiger partial charge in [0.2, 0.25) is 0 Å². The van der Waals surface area contributed by atoms with Gasteiger partial charge in [-0.05, 0) is 44.5 Å². The van der Waals surface area contributed by atoms with Crippen molar-refractivity contribution in [2.75, 3.05) is 6.54 Å². The summed E-state index contributed by atoms with van der Waals surface area (Å²) in [6.07, 6.45) is 8.99. The number of imidazole rings is 1. The van der Waals surface area contributed by atoms with Crippen molar-refractivity contribution in [2.24, 2.45) is 0 Å². The highest BCUT2D eigenvalue weighted by Crippen LogP contribution is 2.32. The zero-order valence-corrected chi connectivity index (χ0v) is 14.4. The SMILES string of the molecule is Cc1nc(-c2ncc[nH]2)cc([C@@H]2CCCCN2Cc2ccccn2)n1. The molecule has 0 aromatic carbocycles. The molecule has 6 nitrogen and oxygen atoms in total. The van der Waals surface area contributed by atoms with Crippen molar-refractivity contribution in [2.45, 2.75) is 38.8 Å². The van der Waals surface area contributed by atoms with Crippen LogP contribution in [-0.4, -0.2) is 36.4 Å². The number of H-pyrrole nitrogens is 1. The van der Waals surface area contributed by atoms with E-state index in [4.69, 9.17) is 4.98 Å². The van der Waals surface area contributed by atoms with Crippen LogP contribution in [0.2, 0.25) is 0 Å². The molecule has 128 valence electrons. The molecule has 0 aliphatic carbocycles. The first-order chi connectivity index (χ1) is 12.3. The van der Waals surface area contributed by atoms with Gasteiger partial charge in [0.05, 0.1) is 17.4 Å². The highest BCUT2D eigenvalue weighted by Gasteiger charge is 2.26. The van der Waals surface area contributed by atoms with Gasteiger partial charge in [-0.2, -0.15) is 0 Å². The van der Waals surface area contributed by atoms with E-state index in [1.807, 2.05) is 31.5 Å². The molecule has 4 rings (SSSR count). The Bertz CT molecular complexity index is 815. The Kier molecular flexibility index (Phi) is 4.52. The van der Waals surface area contributed by atoms with E-state index < -0.39 is 0 Å². The second kappa shape index (κ2) is 7.11. The van der Waals surface area contributed by atoms with Crippen LogP contribution in [0.15, 0.2) is 42.9 Å². The van der Waals surface area contributed by atoms with Gasteiger partial charge in [0, 0.05) is 25.1 Å². The molecule has 25 heavy (non-hydrogen) atoms. The van der Waals surface area contributed by atoms with Gasteiger partial charge < -0.3 is 4.98 Å². The summed E-state index contributed by atoms with van der Waals surface area (Å²) in [5.41, 5.74) is 3.04. The van der Waals surface area contributed by atoms with E-state index in [9.17, 15) is 0 Å². The molecule has 4 heterocycles. The third-order valence-electron chi connectivity index (χ3n) is 4.64. The fourth-order valence-electron chi connectivity index (χ4n) is 3.50. The molecule has 0 unspecified atom stereocenters. The van der Waals surface area contributed by atoms with E-state index in [0.29, 0.717) is 6.04 Å². The smallest absolute Gasteiger partial charge is 0.156 e. The topological polar surface area (TPSA) is 70.6 Å². The fourth-order valence-corrected chi connectivity index (χ4v) is 3.50. The van der Waals surface area contributed by atoms with Crippen LogP contribution in [0.3, 0.4) is 0 Å². The molecule has 1 fully saturated rings. The van der Waals surface area contributed by atoms with E-state index in [-0.39, 0.29) is 0 Å². The number of aromatic nitrogens is 5. The summed E-state index contributed by atoms with van der Waals surface area (Å²) in [5, 5.41) is 0. The quantitative estimate of drug-likeness (QED) is 0.793. The van der Waals surface area contributed by atoms with E-state index in [0.717, 1.165) is 48.2 Å². The minimum Gasteiger partial charge on any atom is -0.343 e. The molecule has 1 saturated heterocycles. The normalized spacial score (nSPS) is 18.4. The number of aryl methyl sites for hydroxylation is 1. The number of aromatic amines is 1. The standard InChI is InChI=1S/C19H22N6/c1-14-23-16(12-17(24-14)19-21-9-10-22-19)18-7-3-5-11-25(18)13-15-6-2-4-8-20-15/h2,4,6,8-10,12,18H,3,5,7,11,13H2,1H3,(H,21,22)/t18-/m0/s1. The van der Waals surface area contributed by atoms with Gasteiger partial charge in [-0.15, -0.1) is 0 Å². The summed E-state index contributed by atoms with van der Waals surface area (Å²) in [7, 11) is 0.